The number of benzene rings is 1. The molecule has 6 heteroatoms. The van der Waals surface area contributed by atoms with E-state index in [2.05, 4.69) is 44.8 Å². The molecule has 0 aliphatic carbocycles. The lowest BCUT2D eigenvalue weighted by Gasteiger charge is -2.27. The summed E-state index contributed by atoms with van der Waals surface area (Å²) in [6, 6.07) is 8.96. The molecule has 28 heavy (non-hydrogen) atoms. The highest BCUT2D eigenvalue weighted by Gasteiger charge is 2.25. The standard InChI is InChI=1S/C22H35N5O/c1-3-21(28)27-14-11-20(17-27)25-22(23-2)24-15-18-9-5-6-10-19(18)16-26-12-7-4-8-13-26/h5-6,9-10,20H,3-4,7-8,11-17H2,1-2H3,(H2,23,24,25). The molecule has 154 valence electrons. The third-order valence-electron chi connectivity index (χ3n) is 5.82. The van der Waals surface area contributed by atoms with Crippen LogP contribution in [0, 0.1) is 0 Å². The van der Waals surface area contributed by atoms with E-state index in [1.807, 2.05) is 11.8 Å². The van der Waals surface area contributed by atoms with E-state index in [-0.39, 0.29) is 11.9 Å². The van der Waals surface area contributed by atoms with Crippen molar-refractivity contribution in [3.63, 3.8) is 0 Å². The molecule has 1 amide bonds. The van der Waals surface area contributed by atoms with Crippen LogP contribution in [0.5, 0.6) is 0 Å². The number of nitrogens with one attached hydrogen (secondary N) is 2. The fraction of sp³-hybridized carbons (Fsp3) is 0.636. The number of carbonyl (C=O) groups is 1. The predicted octanol–water partition coefficient (Wildman–Crippen LogP) is 2.35. The Balaban J connectivity index is 1.52. The van der Waals surface area contributed by atoms with Gasteiger partial charge in [-0.15, -0.1) is 0 Å². The summed E-state index contributed by atoms with van der Waals surface area (Å²) in [4.78, 5) is 20.8. The summed E-state index contributed by atoms with van der Waals surface area (Å²) in [6.45, 7) is 7.72. The van der Waals surface area contributed by atoms with E-state index in [9.17, 15) is 4.79 Å². The molecule has 0 aromatic heterocycles. The molecule has 2 fully saturated rings. The lowest BCUT2D eigenvalue weighted by molar-refractivity contribution is -0.129. The van der Waals surface area contributed by atoms with Crippen molar-refractivity contribution >= 4 is 11.9 Å². The molecular weight excluding hydrogens is 350 g/mol. The van der Waals surface area contributed by atoms with Gasteiger partial charge in [0.25, 0.3) is 0 Å². The maximum absolute atomic E-state index is 11.9. The van der Waals surface area contributed by atoms with Gasteiger partial charge in [0, 0.05) is 45.7 Å². The van der Waals surface area contributed by atoms with Gasteiger partial charge in [0.2, 0.25) is 5.91 Å². The first-order valence-corrected chi connectivity index (χ1v) is 10.7. The minimum Gasteiger partial charge on any atom is -0.352 e. The number of hydrogen-bond donors (Lipinski definition) is 2. The second kappa shape index (κ2) is 10.5. The SMILES string of the molecule is CCC(=O)N1CCC(NC(=NC)NCc2ccccc2CN2CCCCC2)C1. The second-order valence-corrected chi connectivity index (χ2v) is 7.85. The Morgan fingerprint density at radius 3 is 2.61 bits per heavy atom. The van der Waals surface area contributed by atoms with Crippen molar-refractivity contribution in [3.05, 3.63) is 35.4 Å². The fourth-order valence-corrected chi connectivity index (χ4v) is 4.14. The lowest BCUT2D eigenvalue weighted by atomic mass is 10.0. The van der Waals surface area contributed by atoms with Gasteiger partial charge in [-0.05, 0) is 43.5 Å². The Bertz CT molecular complexity index is 669. The summed E-state index contributed by atoms with van der Waals surface area (Å²) < 4.78 is 0. The number of amides is 1. The lowest BCUT2D eigenvalue weighted by Crippen LogP contribution is -2.44. The van der Waals surface area contributed by atoms with E-state index in [4.69, 9.17) is 0 Å². The Labute approximate surface area is 169 Å². The van der Waals surface area contributed by atoms with Gasteiger partial charge in [0.1, 0.15) is 0 Å². The number of aliphatic imine (C=N–C) groups is 1. The number of carbonyl (C=O) groups excluding carboxylic acids is 1. The average molecular weight is 386 g/mol. The number of guanidine groups is 1. The van der Waals surface area contributed by atoms with Gasteiger partial charge in [0.05, 0.1) is 0 Å². The largest absolute Gasteiger partial charge is 0.352 e. The first-order chi connectivity index (χ1) is 13.7. The third-order valence-corrected chi connectivity index (χ3v) is 5.82. The maximum atomic E-state index is 11.9. The Morgan fingerprint density at radius 1 is 1.14 bits per heavy atom. The van der Waals surface area contributed by atoms with Crippen LogP contribution >= 0.6 is 0 Å². The molecule has 0 radical (unpaired) electrons. The summed E-state index contributed by atoms with van der Waals surface area (Å²) in [5.74, 6) is 1.04. The predicted molar refractivity (Wildman–Crippen MR) is 114 cm³/mol. The minimum absolute atomic E-state index is 0.235. The fourth-order valence-electron chi connectivity index (χ4n) is 4.14. The second-order valence-electron chi connectivity index (χ2n) is 7.85. The quantitative estimate of drug-likeness (QED) is 0.583. The number of piperidine rings is 1. The normalized spacial score (nSPS) is 21.0. The Kier molecular flexibility index (Phi) is 7.71. The Hall–Kier alpha value is -2.08. The van der Waals surface area contributed by atoms with Crippen LogP contribution in [0.4, 0.5) is 0 Å². The number of rotatable bonds is 6. The average Bonchev–Trinajstić information content (AvgIpc) is 3.21. The summed E-state index contributed by atoms with van der Waals surface area (Å²) in [5, 5.41) is 6.95. The molecule has 2 saturated heterocycles. The highest BCUT2D eigenvalue weighted by atomic mass is 16.2. The Morgan fingerprint density at radius 2 is 1.89 bits per heavy atom. The van der Waals surface area contributed by atoms with Gasteiger partial charge >= 0.3 is 0 Å². The third kappa shape index (κ3) is 5.71. The van der Waals surface area contributed by atoms with Gasteiger partial charge in [-0.3, -0.25) is 14.7 Å². The smallest absolute Gasteiger partial charge is 0.222 e. The first kappa shape index (κ1) is 20.6. The highest BCUT2D eigenvalue weighted by molar-refractivity contribution is 5.80. The van der Waals surface area contributed by atoms with Crippen LogP contribution in [0.15, 0.2) is 29.3 Å². The number of hydrogen-bond acceptors (Lipinski definition) is 3. The highest BCUT2D eigenvalue weighted by Crippen LogP contribution is 2.16. The molecule has 2 aliphatic rings. The number of nitrogens with zero attached hydrogens (tertiary/aromatic N) is 3. The van der Waals surface area contributed by atoms with Crippen molar-refractivity contribution in [1.29, 1.82) is 0 Å². The zero-order valence-corrected chi connectivity index (χ0v) is 17.4. The summed E-state index contributed by atoms with van der Waals surface area (Å²) in [6.07, 6.45) is 5.54. The van der Waals surface area contributed by atoms with Crippen molar-refractivity contribution < 1.29 is 4.79 Å². The van der Waals surface area contributed by atoms with Gasteiger partial charge < -0.3 is 15.5 Å². The monoisotopic (exact) mass is 385 g/mol. The molecule has 2 heterocycles. The van der Waals surface area contributed by atoms with Crippen LogP contribution in [0.1, 0.15) is 50.2 Å². The molecule has 0 bridgehead atoms. The van der Waals surface area contributed by atoms with Crippen LogP contribution in [0.2, 0.25) is 0 Å². The molecule has 0 saturated carbocycles. The molecule has 1 atom stereocenters. The zero-order chi connectivity index (χ0) is 19.8. The van der Waals surface area contributed by atoms with Gasteiger partial charge in [-0.1, -0.05) is 37.6 Å². The number of likely N-dealkylation sites (tertiary alicyclic amines) is 2. The maximum Gasteiger partial charge on any atom is 0.222 e. The molecule has 1 aromatic rings. The van der Waals surface area contributed by atoms with E-state index < -0.39 is 0 Å². The molecule has 2 aliphatic heterocycles. The van der Waals surface area contributed by atoms with E-state index in [1.165, 1.54) is 43.5 Å². The molecule has 3 rings (SSSR count). The van der Waals surface area contributed by atoms with E-state index in [1.54, 1.807) is 7.05 Å². The van der Waals surface area contributed by atoms with E-state index in [0.29, 0.717) is 6.42 Å². The van der Waals surface area contributed by atoms with Gasteiger partial charge in [-0.2, -0.15) is 0 Å². The molecule has 1 unspecified atom stereocenters. The summed E-state index contributed by atoms with van der Waals surface area (Å²) in [5.41, 5.74) is 2.72. The molecule has 2 N–H and O–H groups in total. The van der Waals surface area contributed by atoms with Crippen LogP contribution in [-0.2, 0) is 17.9 Å². The molecule has 1 aromatic carbocycles. The van der Waals surface area contributed by atoms with Gasteiger partial charge in [-0.25, -0.2) is 0 Å². The summed E-state index contributed by atoms with van der Waals surface area (Å²) >= 11 is 0. The topological polar surface area (TPSA) is 60.0 Å². The van der Waals surface area contributed by atoms with Gasteiger partial charge in [0.15, 0.2) is 5.96 Å². The van der Waals surface area contributed by atoms with E-state index in [0.717, 1.165) is 38.6 Å². The van der Waals surface area contributed by atoms with Crippen LogP contribution in [0.3, 0.4) is 0 Å². The van der Waals surface area contributed by atoms with E-state index >= 15 is 0 Å². The molecule has 6 nitrogen and oxygen atoms in total. The van der Waals surface area contributed by atoms with Crippen LogP contribution in [-0.4, -0.2) is 60.9 Å². The van der Waals surface area contributed by atoms with Crippen LogP contribution < -0.4 is 10.6 Å². The first-order valence-electron chi connectivity index (χ1n) is 10.7. The van der Waals surface area contributed by atoms with Crippen molar-refractivity contribution in [3.8, 4) is 0 Å². The van der Waals surface area contributed by atoms with Crippen molar-refractivity contribution in [1.82, 2.24) is 20.4 Å². The van der Waals surface area contributed by atoms with Crippen LogP contribution in [0.25, 0.3) is 0 Å². The van der Waals surface area contributed by atoms with Crippen molar-refractivity contribution in [2.75, 3.05) is 33.2 Å². The molecular formula is C22H35N5O. The van der Waals surface area contributed by atoms with Crippen molar-refractivity contribution in [2.45, 2.75) is 58.2 Å². The van der Waals surface area contributed by atoms with Crippen molar-refractivity contribution in [2.24, 2.45) is 4.99 Å². The zero-order valence-electron chi connectivity index (χ0n) is 17.4. The molecule has 0 spiro atoms. The minimum atomic E-state index is 0.235. The summed E-state index contributed by atoms with van der Waals surface area (Å²) in [7, 11) is 1.80.